The number of rotatable bonds is 4. The zero-order valence-electron chi connectivity index (χ0n) is 18.1. The number of anilines is 1. The van der Waals surface area contributed by atoms with Crippen LogP contribution in [-0.4, -0.2) is 42.5 Å². The van der Waals surface area contributed by atoms with E-state index in [0.29, 0.717) is 36.0 Å². The molecule has 0 aliphatic carbocycles. The van der Waals surface area contributed by atoms with Gasteiger partial charge in [0.2, 0.25) is 5.91 Å². The van der Waals surface area contributed by atoms with E-state index in [1.165, 1.54) is 0 Å². The molecule has 4 amide bonds. The van der Waals surface area contributed by atoms with Crippen molar-refractivity contribution in [2.75, 3.05) is 25.1 Å². The smallest absolute Gasteiger partial charge is 0.325 e. The molecule has 2 aliphatic heterocycles. The van der Waals surface area contributed by atoms with Gasteiger partial charge >= 0.3 is 6.03 Å². The highest BCUT2D eigenvalue weighted by atomic mass is 16.5. The maximum Gasteiger partial charge on any atom is 0.325 e. The third-order valence-corrected chi connectivity index (χ3v) is 5.97. The van der Waals surface area contributed by atoms with E-state index in [-0.39, 0.29) is 0 Å². The lowest BCUT2D eigenvalue weighted by molar-refractivity contribution is -0.133. The van der Waals surface area contributed by atoms with E-state index in [9.17, 15) is 14.4 Å². The lowest BCUT2D eigenvalue weighted by atomic mass is 9.91. The number of ether oxygens (including phenoxy) is 2. The van der Waals surface area contributed by atoms with Crippen molar-refractivity contribution in [1.29, 1.82) is 0 Å². The van der Waals surface area contributed by atoms with Gasteiger partial charge in [0.05, 0.1) is 13.2 Å². The average molecular weight is 445 g/mol. The number of hydrogen-bond acceptors (Lipinski definition) is 5. The molecule has 3 aromatic carbocycles. The van der Waals surface area contributed by atoms with Crippen LogP contribution in [0, 0.1) is 0 Å². The van der Waals surface area contributed by atoms with E-state index >= 15 is 0 Å². The maximum absolute atomic E-state index is 13.3. The molecule has 8 nitrogen and oxygen atoms in total. The van der Waals surface area contributed by atoms with Crippen LogP contribution in [-0.2, 0) is 15.1 Å². The Morgan fingerprint density at radius 3 is 2.64 bits per heavy atom. The van der Waals surface area contributed by atoms with Crippen LogP contribution in [0.15, 0.2) is 60.7 Å². The second kappa shape index (κ2) is 8.12. The van der Waals surface area contributed by atoms with Crippen LogP contribution < -0.4 is 20.1 Å². The highest BCUT2D eigenvalue weighted by Gasteiger charge is 2.49. The molecule has 1 saturated heterocycles. The van der Waals surface area contributed by atoms with Gasteiger partial charge in [0.25, 0.3) is 5.91 Å². The van der Waals surface area contributed by atoms with Crippen molar-refractivity contribution in [1.82, 2.24) is 10.2 Å². The van der Waals surface area contributed by atoms with Crippen molar-refractivity contribution >= 4 is 34.3 Å². The highest BCUT2D eigenvalue weighted by molar-refractivity contribution is 6.11. The van der Waals surface area contributed by atoms with Gasteiger partial charge in [0, 0.05) is 17.5 Å². The van der Waals surface area contributed by atoms with Crippen molar-refractivity contribution in [3.05, 3.63) is 66.2 Å². The summed E-state index contributed by atoms with van der Waals surface area (Å²) >= 11 is 0. The number of carbonyl (C=O) groups excluding carboxylic acids is 3. The van der Waals surface area contributed by atoms with E-state index in [0.717, 1.165) is 22.1 Å². The SMILES string of the molecule is CC1(c2ccc3c(c2)OCCCO3)NC(=O)N(CC(=O)Nc2cccc3ccccc23)C1=O. The summed E-state index contributed by atoms with van der Waals surface area (Å²) in [6.07, 6.45) is 0.760. The van der Waals surface area contributed by atoms with Crippen LogP contribution in [0.5, 0.6) is 11.5 Å². The fourth-order valence-corrected chi connectivity index (χ4v) is 4.18. The molecule has 0 saturated carbocycles. The molecule has 2 heterocycles. The van der Waals surface area contributed by atoms with Gasteiger partial charge in [-0.05, 0) is 36.1 Å². The van der Waals surface area contributed by atoms with Crippen LogP contribution in [0.3, 0.4) is 0 Å². The summed E-state index contributed by atoms with van der Waals surface area (Å²) in [5, 5.41) is 7.40. The zero-order chi connectivity index (χ0) is 23.0. The molecule has 2 N–H and O–H groups in total. The van der Waals surface area contributed by atoms with Gasteiger partial charge in [-0.15, -0.1) is 0 Å². The lowest BCUT2D eigenvalue weighted by Gasteiger charge is -2.23. The van der Waals surface area contributed by atoms with Crippen molar-refractivity contribution in [2.45, 2.75) is 18.9 Å². The van der Waals surface area contributed by atoms with E-state index in [2.05, 4.69) is 10.6 Å². The molecule has 3 aromatic rings. The molecule has 1 fully saturated rings. The van der Waals surface area contributed by atoms with Crippen molar-refractivity contribution in [2.24, 2.45) is 0 Å². The Hall–Kier alpha value is -4.07. The number of imide groups is 1. The summed E-state index contributed by atoms with van der Waals surface area (Å²) < 4.78 is 11.4. The summed E-state index contributed by atoms with van der Waals surface area (Å²) in [4.78, 5) is 39.6. The minimum Gasteiger partial charge on any atom is -0.490 e. The van der Waals surface area contributed by atoms with Crippen LogP contribution in [0.2, 0.25) is 0 Å². The number of amides is 4. The van der Waals surface area contributed by atoms with E-state index in [4.69, 9.17) is 9.47 Å². The summed E-state index contributed by atoms with van der Waals surface area (Å²) in [6, 6.07) is 17.8. The standard InChI is InChI=1S/C25H23N3O5/c1-25(17-10-11-20-21(14-17)33-13-5-12-32-20)23(30)28(24(31)27-25)15-22(29)26-19-9-4-7-16-6-2-3-8-18(16)19/h2-4,6-11,14H,5,12-13,15H2,1H3,(H,26,29)(H,27,31). The molecule has 0 aromatic heterocycles. The number of nitrogens with zero attached hydrogens (tertiary/aromatic N) is 1. The van der Waals surface area contributed by atoms with E-state index in [1.807, 2.05) is 36.4 Å². The van der Waals surface area contributed by atoms with Crippen LogP contribution in [0.1, 0.15) is 18.9 Å². The topological polar surface area (TPSA) is 97.0 Å². The largest absolute Gasteiger partial charge is 0.490 e. The quantitative estimate of drug-likeness (QED) is 0.600. The van der Waals surface area contributed by atoms with Crippen molar-refractivity contribution < 1.29 is 23.9 Å². The Labute approximate surface area is 190 Å². The molecular formula is C25H23N3O5. The monoisotopic (exact) mass is 445 g/mol. The number of fused-ring (bicyclic) bond motifs is 2. The molecule has 1 atom stereocenters. The third-order valence-electron chi connectivity index (χ3n) is 5.97. The predicted molar refractivity (Wildman–Crippen MR) is 122 cm³/mol. The minimum absolute atomic E-state index is 0.395. The lowest BCUT2D eigenvalue weighted by Crippen LogP contribution is -2.42. The first-order valence-corrected chi connectivity index (χ1v) is 10.8. The second-order valence-corrected chi connectivity index (χ2v) is 8.23. The van der Waals surface area contributed by atoms with Gasteiger partial charge < -0.3 is 20.1 Å². The maximum atomic E-state index is 13.3. The fourth-order valence-electron chi connectivity index (χ4n) is 4.18. The van der Waals surface area contributed by atoms with Crippen molar-refractivity contribution in [3.63, 3.8) is 0 Å². The zero-order valence-corrected chi connectivity index (χ0v) is 18.1. The molecular weight excluding hydrogens is 422 g/mol. The van der Waals surface area contributed by atoms with Crippen LogP contribution in [0.4, 0.5) is 10.5 Å². The van der Waals surface area contributed by atoms with Crippen LogP contribution >= 0.6 is 0 Å². The Morgan fingerprint density at radius 1 is 1.03 bits per heavy atom. The van der Waals surface area contributed by atoms with Crippen molar-refractivity contribution in [3.8, 4) is 11.5 Å². The molecule has 2 aliphatic rings. The van der Waals surface area contributed by atoms with Gasteiger partial charge in [0.15, 0.2) is 11.5 Å². The van der Waals surface area contributed by atoms with Gasteiger partial charge in [-0.1, -0.05) is 42.5 Å². The van der Waals surface area contributed by atoms with Gasteiger partial charge in [-0.2, -0.15) is 0 Å². The third kappa shape index (κ3) is 3.73. The molecule has 0 bridgehead atoms. The number of carbonyl (C=O) groups is 3. The normalized spacial score (nSPS) is 19.8. The average Bonchev–Trinajstić information content (AvgIpc) is 2.98. The molecule has 1 unspecified atom stereocenters. The predicted octanol–water partition coefficient (Wildman–Crippen LogP) is 3.41. The van der Waals surface area contributed by atoms with E-state index in [1.54, 1.807) is 31.2 Å². The first-order chi connectivity index (χ1) is 16.0. The molecule has 33 heavy (non-hydrogen) atoms. The first-order valence-electron chi connectivity index (χ1n) is 10.8. The number of hydrogen-bond donors (Lipinski definition) is 2. The van der Waals surface area contributed by atoms with Gasteiger partial charge in [-0.25, -0.2) is 4.79 Å². The Balaban J connectivity index is 1.35. The van der Waals surface area contributed by atoms with Gasteiger partial charge in [0.1, 0.15) is 12.1 Å². The minimum atomic E-state index is -1.32. The first kappa shape index (κ1) is 20.8. The molecule has 8 heteroatoms. The Bertz CT molecular complexity index is 1270. The Morgan fingerprint density at radius 2 is 1.79 bits per heavy atom. The summed E-state index contributed by atoms with van der Waals surface area (Å²) in [5.41, 5.74) is -0.139. The number of nitrogens with one attached hydrogen (secondary N) is 2. The summed E-state index contributed by atoms with van der Waals surface area (Å²) in [5.74, 6) is 0.163. The highest BCUT2D eigenvalue weighted by Crippen LogP contribution is 2.36. The molecule has 0 radical (unpaired) electrons. The Kier molecular flexibility index (Phi) is 5.12. The molecule has 5 rings (SSSR count). The van der Waals surface area contributed by atoms with Gasteiger partial charge in [-0.3, -0.25) is 14.5 Å². The summed E-state index contributed by atoms with van der Waals surface area (Å²) in [7, 11) is 0. The molecule has 0 spiro atoms. The number of benzene rings is 3. The number of urea groups is 1. The summed E-state index contributed by atoms with van der Waals surface area (Å²) in [6.45, 7) is 2.29. The van der Waals surface area contributed by atoms with E-state index < -0.39 is 29.9 Å². The van der Waals surface area contributed by atoms with Crippen LogP contribution in [0.25, 0.3) is 10.8 Å². The second-order valence-electron chi connectivity index (χ2n) is 8.23. The molecule has 168 valence electrons. The fraction of sp³-hybridized carbons (Fsp3) is 0.240.